The zero-order valence-electron chi connectivity index (χ0n) is 16.0. The van der Waals surface area contributed by atoms with Crippen LogP contribution in [-0.2, 0) is 9.53 Å². The molecule has 4 nitrogen and oxygen atoms in total. The number of rotatable bonds is 6. The first kappa shape index (κ1) is 21.6. The summed E-state index contributed by atoms with van der Waals surface area (Å²) >= 11 is 2.15. The molecule has 0 amide bonds. The lowest BCUT2D eigenvalue weighted by Crippen LogP contribution is -2.40. The van der Waals surface area contributed by atoms with Gasteiger partial charge in [0.05, 0.1) is 0 Å². The van der Waals surface area contributed by atoms with Crippen molar-refractivity contribution in [1.82, 2.24) is 9.80 Å². The van der Waals surface area contributed by atoms with Crippen molar-refractivity contribution < 1.29 is 9.53 Å². The lowest BCUT2D eigenvalue weighted by Gasteiger charge is -2.33. The molecule has 0 radical (unpaired) electrons. The third kappa shape index (κ3) is 6.82. The number of hydrogen-bond acceptors (Lipinski definition) is 4. The Bertz CT molecular complexity index is 500. The average Bonchev–Trinajstić information content (AvgIpc) is 2.72. The van der Waals surface area contributed by atoms with E-state index in [4.69, 9.17) is 4.74 Å². The van der Waals surface area contributed by atoms with Gasteiger partial charge in [0.1, 0.15) is 12.6 Å². The van der Waals surface area contributed by atoms with Crippen molar-refractivity contribution in [3.63, 3.8) is 0 Å². The third-order valence-electron chi connectivity index (χ3n) is 5.19. The van der Waals surface area contributed by atoms with Gasteiger partial charge >= 0.3 is 5.97 Å². The highest BCUT2D eigenvalue weighted by Gasteiger charge is 2.30. The molecule has 0 saturated carbocycles. The molecule has 146 valence electrons. The molecule has 0 aromatic heterocycles. The van der Waals surface area contributed by atoms with E-state index in [1.54, 1.807) is 0 Å². The third-order valence-corrected chi connectivity index (χ3v) is 5.19. The Labute approximate surface area is 172 Å². The highest BCUT2D eigenvalue weighted by atomic mass is 127. The maximum Gasteiger partial charge on any atom is 0.328 e. The summed E-state index contributed by atoms with van der Waals surface area (Å²) in [5, 5.41) is 0. The molecule has 0 bridgehead atoms. The number of nitrogens with zero attached hydrogens (tertiary/aromatic N) is 2. The van der Waals surface area contributed by atoms with Crippen molar-refractivity contribution in [3.05, 3.63) is 35.9 Å². The van der Waals surface area contributed by atoms with Gasteiger partial charge in [0, 0.05) is 6.54 Å². The largest absolute Gasteiger partial charge is 0.463 e. The second-order valence-electron chi connectivity index (χ2n) is 6.98. The van der Waals surface area contributed by atoms with E-state index in [1.165, 1.54) is 38.5 Å². The lowest BCUT2D eigenvalue weighted by molar-refractivity contribution is -0.151. The van der Waals surface area contributed by atoms with Crippen LogP contribution in [0, 0.1) is 0 Å². The fourth-order valence-corrected chi connectivity index (χ4v) is 3.85. The van der Waals surface area contributed by atoms with Gasteiger partial charge < -0.3 is 4.74 Å². The van der Waals surface area contributed by atoms with Gasteiger partial charge in [-0.15, -0.1) is 0 Å². The first-order valence-corrected chi connectivity index (χ1v) is 12.1. The quantitative estimate of drug-likeness (QED) is 0.351. The summed E-state index contributed by atoms with van der Waals surface area (Å²) < 4.78 is 5.69. The molecule has 0 spiro atoms. The van der Waals surface area contributed by atoms with Gasteiger partial charge in [-0.25, -0.2) is 4.79 Å². The minimum Gasteiger partial charge on any atom is -0.463 e. The maximum absolute atomic E-state index is 12.8. The van der Waals surface area contributed by atoms with Crippen LogP contribution in [0.25, 0.3) is 0 Å². The second kappa shape index (κ2) is 12.7. The van der Waals surface area contributed by atoms with Gasteiger partial charge in [-0.3, -0.25) is 9.80 Å². The van der Waals surface area contributed by atoms with Crippen LogP contribution >= 0.6 is 22.6 Å². The Hall–Kier alpha value is -0.660. The number of carbonyl (C=O) groups is 1. The van der Waals surface area contributed by atoms with Crippen LogP contribution in [0.2, 0.25) is 0 Å². The zero-order valence-corrected chi connectivity index (χ0v) is 18.2. The number of alkyl halides is 1. The summed E-state index contributed by atoms with van der Waals surface area (Å²) in [6.45, 7) is 5.64. The molecule has 2 heterocycles. The Morgan fingerprint density at radius 3 is 2.15 bits per heavy atom. The van der Waals surface area contributed by atoms with Crippen LogP contribution in [0.15, 0.2) is 30.3 Å². The van der Waals surface area contributed by atoms with Gasteiger partial charge in [-0.1, -0.05) is 65.8 Å². The molecular weight excluding hydrogens is 439 g/mol. The minimum atomic E-state index is -0.243. The number of esters is 1. The van der Waals surface area contributed by atoms with Crippen molar-refractivity contribution in [2.75, 3.05) is 44.3 Å². The summed E-state index contributed by atoms with van der Waals surface area (Å²) in [7, 11) is 0. The van der Waals surface area contributed by atoms with Crippen LogP contribution in [0.1, 0.15) is 50.1 Å². The van der Waals surface area contributed by atoms with Crippen molar-refractivity contribution in [3.8, 4) is 0 Å². The van der Waals surface area contributed by atoms with Gasteiger partial charge in [-0.2, -0.15) is 0 Å². The van der Waals surface area contributed by atoms with Gasteiger partial charge in [0.25, 0.3) is 0 Å². The molecule has 26 heavy (non-hydrogen) atoms. The minimum absolute atomic E-state index is 0.0832. The molecule has 0 aliphatic carbocycles. The first-order valence-electron chi connectivity index (χ1n) is 9.90. The molecule has 2 saturated heterocycles. The van der Waals surface area contributed by atoms with Crippen LogP contribution in [0.5, 0.6) is 0 Å². The van der Waals surface area contributed by atoms with Gasteiger partial charge in [0.15, 0.2) is 0 Å². The van der Waals surface area contributed by atoms with Crippen molar-refractivity contribution in [2.45, 2.75) is 44.6 Å². The smallest absolute Gasteiger partial charge is 0.328 e. The highest BCUT2D eigenvalue weighted by molar-refractivity contribution is 14.1. The Kier molecular flexibility index (Phi) is 10.6. The predicted octanol–water partition coefficient (Wildman–Crippen LogP) is 4.29. The van der Waals surface area contributed by atoms with Crippen molar-refractivity contribution in [2.24, 2.45) is 0 Å². The van der Waals surface area contributed by atoms with E-state index in [2.05, 4.69) is 32.4 Å². The van der Waals surface area contributed by atoms with E-state index in [1.807, 2.05) is 35.3 Å². The lowest BCUT2D eigenvalue weighted by atomic mass is 10.0. The Balaban J connectivity index is 0.00000117. The predicted molar refractivity (Wildman–Crippen MR) is 116 cm³/mol. The molecule has 1 atom stereocenters. The monoisotopic (exact) mass is 472 g/mol. The van der Waals surface area contributed by atoms with Crippen LogP contribution in [-0.4, -0.2) is 60.0 Å². The molecule has 1 aromatic rings. The number of likely N-dealkylation sites (tertiary alicyclic amines) is 2. The molecule has 1 aromatic carbocycles. The van der Waals surface area contributed by atoms with E-state index in [0.29, 0.717) is 6.61 Å². The number of piperidine rings is 2. The molecule has 2 fully saturated rings. The number of halogens is 1. The topological polar surface area (TPSA) is 32.8 Å². The fourth-order valence-electron chi connectivity index (χ4n) is 3.85. The molecule has 5 heteroatoms. The standard InChI is InChI=1S/C20H30N2O2.CH3I/c23-20(24-17-16-21-12-6-2-7-13-21)19(18-10-4-1-5-11-18)22-14-8-3-9-15-22;1-2/h1,4-5,10-11,19H,2-3,6-9,12-17H2;1H3. The van der Waals surface area contributed by atoms with E-state index in [9.17, 15) is 4.79 Å². The zero-order chi connectivity index (χ0) is 18.6. The number of hydrogen-bond donors (Lipinski definition) is 0. The summed E-state index contributed by atoms with van der Waals surface area (Å²) in [6, 6.07) is 9.86. The maximum atomic E-state index is 12.8. The van der Waals surface area contributed by atoms with Crippen LogP contribution < -0.4 is 0 Å². The molecule has 3 rings (SSSR count). The molecular formula is C21H33IN2O2. The molecule has 2 aliphatic rings. The summed E-state index contributed by atoms with van der Waals surface area (Å²) in [4.78, 5) is 19.5. The van der Waals surface area contributed by atoms with Gasteiger partial charge in [0.2, 0.25) is 0 Å². The normalized spacial score (nSPS) is 19.9. The number of benzene rings is 1. The van der Waals surface area contributed by atoms with Crippen molar-refractivity contribution in [1.29, 1.82) is 0 Å². The van der Waals surface area contributed by atoms with E-state index in [0.717, 1.165) is 38.3 Å². The average molecular weight is 472 g/mol. The number of ether oxygens (including phenoxy) is 1. The van der Waals surface area contributed by atoms with E-state index < -0.39 is 0 Å². The molecule has 0 N–H and O–H groups in total. The highest BCUT2D eigenvalue weighted by Crippen LogP contribution is 2.26. The van der Waals surface area contributed by atoms with Crippen molar-refractivity contribution >= 4 is 28.6 Å². The van der Waals surface area contributed by atoms with E-state index in [-0.39, 0.29) is 12.0 Å². The second-order valence-corrected chi connectivity index (χ2v) is 6.98. The fraction of sp³-hybridized carbons (Fsp3) is 0.667. The van der Waals surface area contributed by atoms with E-state index >= 15 is 0 Å². The summed E-state index contributed by atoms with van der Waals surface area (Å²) in [5.41, 5.74) is 1.06. The van der Waals surface area contributed by atoms with Crippen LogP contribution in [0.3, 0.4) is 0 Å². The molecule has 2 aliphatic heterocycles. The number of carbonyl (C=O) groups excluding carboxylic acids is 1. The Morgan fingerprint density at radius 1 is 0.962 bits per heavy atom. The summed E-state index contributed by atoms with van der Waals surface area (Å²) in [6.07, 6.45) is 7.49. The summed E-state index contributed by atoms with van der Waals surface area (Å²) in [5.74, 6) is -0.0832. The molecule has 1 unspecified atom stereocenters. The SMILES string of the molecule is CI.O=C(OCCN1CCCCC1)C(c1ccccc1)N1CCCCC1. The van der Waals surface area contributed by atoms with Crippen LogP contribution in [0.4, 0.5) is 0 Å². The Morgan fingerprint density at radius 2 is 1.54 bits per heavy atom. The van der Waals surface area contributed by atoms with Gasteiger partial charge in [-0.05, 0) is 62.4 Å². The first-order chi connectivity index (χ1) is 12.8.